The van der Waals surface area contributed by atoms with Crippen LogP contribution in [-0.4, -0.2) is 44.7 Å². The Morgan fingerprint density at radius 3 is 2.44 bits per heavy atom. The molecular weight excluding hydrogens is 338 g/mol. The summed E-state index contributed by atoms with van der Waals surface area (Å²) in [7, 11) is 3.84. The largest absolute Gasteiger partial charge is 0.381 e. The number of aromatic nitrogens is 1. The number of amides is 1. The summed E-state index contributed by atoms with van der Waals surface area (Å²) in [6, 6.07) is 10.3. The molecule has 1 aromatic carbocycles. The summed E-state index contributed by atoms with van der Waals surface area (Å²) in [5.41, 5.74) is 4.37. The van der Waals surface area contributed by atoms with Gasteiger partial charge in [-0.1, -0.05) is 29.3 Å². The van der Waals surface area contributed by atoms with Crippen LogP contribution in [0.2, 0.25) is 0 Å². The van der Waals surface area contributed by atoms with Gasteiger partial charge in [0.25, 0.3) is 5.91 Å². The van der Waals surface area contributed by atoms with E-state index in [0.29, 0.717) is 12.1 Å². The number of carbonyl (C=O) groups is 1. The first kappa shape index (κ1) is 19.4. The van der Waals surface area contributed by atoms with Gasteiger partial charge in [-0.25, -0.2) is 4.98 Å². The van der Waals surface area contributed by atoms with Crippen LogP contribution in [0.15, 0.2) is 36.5 Å². The molecule has 1 aliphatic rings. The Kier molecular flexibility index (Phi) is 5.80. The zero-order valence-electron chi connectivity index (χ0n) is 16.7. The summed E-state index contributed by atoms with van der Waals surface area (Å²) in [6.07, 6.45) is 3.50. The molecule has 2 aromatic rings. The quantitative estimate of drug-likeness (QED) is 0.881. The summed E-state index contributed by atoms with van der Waals surface area (Å²) in [6.45, 7) is 6.31. The minimum absolute atomic E-state index is 0.0595. The number of anilines is 1. The fourth-order valence-corrected chi connectivity index (χ4v) is 3.77. The van der Waals surface area contributed by atoms with E-state index >= 15 is 0 Å². The second-order valence-corrected chi connectivity index (χ2v) is 7.75. The number of nitrogens with one attached hydrogen (secondary N) is 1. The molecule has 2 heterocycles. The third kappa shape index (κ3) is 4.48. The van der Waals surface area contributed by atoms with Gasteiger partial charge >= 0.3 is 0 Å². The molecule has 1 aliphatic heterocycles. The molecule has 0 radical (unpaired) electrons. The first-order valence-corrected chi connectivity index (χ1v) is 9.48. The maximum Gasteiger partial charge on any atom is 0.251 e. The molecule has 3 rings (SSSR count). The summed E-state index contributed by atoms with van der Waals surface area (Å²) in [5.74, 6) is 0.716. The zero-order chi connectivity index (χ0) is 19.4. The number of ether oxygens (including phenoxy) is 1. The van der Waals surface area contributed by atoms with Crippen LogP contribution in [0.1, 0.15) is 39.9 Å². The van der Waals surface area contributed by atoms with E-state index in [2.05, 4.69) is 42.3 Å². The maximum atomic E-state index is 12.8. The topological polar surface area (TPSA) is 54.5 Å². The van der Waals surface area contributed by atoms with Crippen LogP contribution in [0.25, 0.3) is 0 Å². The average Bonchev–Trinajstić information content (AvgIpc) is 2.66. The summed E-state index contributed by atoms with van der Waals surface area (Å²) >= 11 is 0. The Labute approximate surface area is 161 Å². The Balaban J connectivity index is 1.81. The predicted molar refractivity (Wildman–Crippen MR) is 109 cm³/mol. The molecule has 0 unspecified atom stereocenters. The van der Waals surface area contributed by atoms with Gasteiger partial charge in [-0.2, -0.15) is 0 Å². The number of rotatable bonds is 5. The van der Waals surface area contributed by atoms with Gasteiger partial charge in [0.2, 0.25) is 0 Å². The van der Waals surface area contributed by atoms with Crippen molar-refractivity contribution >= 4 is 11.7 Å². The fourth-order valence-electron chi connectivity index (χ4n) is 3.77. The number of hydrogen-bond acceptors (Lipinski definition) is 4. The van der Waals surface area contributed by atoms with Crippen molar-refractivity contribution in [2.75, 3.05) is 38.8 Å². The van der Waals surface area contributed by atoms with Crippen molar-refractivity contribution in [2.24, 2.45) is 0 Å². The van der Waals surface area contributed by atoms with Crippen LogP contribution in [0.4, 0.5) is 5.82 Å². The third-order valence-corrected chi connectivity index (χ3v) is 5.34. The van der Waals surface area contributed by atoms with Crippen LogP contribution in [0.3, 0.4) is 0 Å². The minimum Gasteiger partial charge on any atom is -0.381 e. The van der Waals surface area contributed by atoms with E-state index in [1.807, 2.05) is 25.1 Å². The number of benzene rings is 1. The van der Waals surface area contributed by atoms with Gasteiger partial charge in [0.05, 0.1) is 0 Å². The van der Waals surface area contributed by atoms with Gasteiger partial charge in [-0.05, 0) is 44.4 Å². The van der Waals surface area contributed by atoms with E-state index in [9.17, 15) is 4.79 Å². The van der Waals surface area contributed by atoms with Crippen molar-refractivity contribution in [3.05, 3.63) is 58.8 Å². The van der Waals surface area contributed by atoms with Gasteiger partial charge < -0.3 is 15.0 Å². The van der Waals surface area contributed by atoms with Gasteiger partial charge in [-0.15, -0.1) is 0 Å². The molecule has 0 aliphatic carbocycles. The predicted octanol–water partition coefficient (Wildman–Crippen LogP) is 3.24. The smallest absolute Gasteiger partial charge is 0.251 e. The Hall–Kier alpha value is -2.40. The molecule has 144 valence electrons. The Morgan fingerprint density at radius 1 is 1.15 bits per heavy atom. The van der Waals surface area contributed by atoms with E-state index in [4.69, 9.17) is 4.74 Å². The highest BCUT2D eigenvalue weighted by molar-refractivity contribution is 5.94. The van der Waals surface area contributed by atoms with Gasteiger partial charge in [-0.3, -0.25) is 4.79 Å². The van der Waals surface area contributed by atoms with Gasteiger partial charge in [0.15, 0.2) is 0 Å². The lowest BCUT2D eigenvalue weighted by Gasteiger charge is -2.38. The van der Waals surface area contributed by atoms with Gasteiger partial charge in [0, 0.05) is 51.0 Å². The minimum atomic E-state index is -0.0813. The molecule has 5 nitrogen and oxygen atoms in total. The molecule has 1 N–H and O–H groups in total. The lowest BCUT2D eigenvalue weighted by molar-refractivity contribution is 0.0487. The second-order valence-electron chi connectivity index (χ2n) is 7.75. The highest BCUT2D eigenvalue weighted by atomic mass is 16.5. The summed E-state index contributed by atoms with van der Waals surface area (Å²) < 4.78 is 5.61. The Bertz CT molecular complexity index is 791. The van der Waals surface area contributed by atoms with E-state index in [1.165, 1.54) is 16.7 Å². The normalized spacial score (nSPS) is 16.0. The lowest BCUT2D eigenvalue weighted by atomic mass is 9.73. The van der Waals surface area contributed by atoms with Crippen LogP contribution >= 0.6 is 0 Å². The molecule has 0 atom stereocenters. The van der Waals surface area contributed by atoms with Gasteiger partial charge in [0.1, 0.15) is 5.82 Å². The molecule has 0 saturated carbocycles. The molecule has 0 bridgehead atoms. The van der Waals surface area contributed by atoms with E-state index < -0.39 is 0 Å². The van der Waals surface area contributed by atoms with E-state index in [0.717, 1.165) is 31.9 Å². The monoisotopic (exact) mass is 367 g/mol. The molecule has 1 saturated heterocycles. The lowest BCUT2D eigenvalue weighted by Crippen LogP contribution is -2.44. The first-order chi connectivity index (χ1) is 12.9. The summed E-state index contributed by atoms with van der Waals surface area (Å²) in [4.78, 5) is 19.0. The van der Waals surface area contributed by atoms with E-state index in [-0.39, 0.29) is 11.3 Å². The molecule has 1 aromatic heterocycles. The molecule has 0 spiro atoms. The van der Waals surface area contributed by atoms with Crippen molar-refractivity contribution in [3.63, 3.8) is 0 Å². The summed E-state index contributed by atoms with van der Waals surface area (Å²) in [5, 5.41) is 3.17. The number of pyridine rings is 1. The van der Waals surface area contributed by atoms with Crippen LogP contribution < -0.4 is 10.2 Å². The zero-order valence-corrected chi connectivity index (χ0v) is 16.7. The van der Waals surface area contributed by atoms with Crippen LogP contribution in [0.5, 0.6) is 0 Å². The van der Waals surface area contributed by atoms with Crippen LogP contribution in [-0.2, 0) is 10.2 Å². The molecule has 1 fully saturated rings. The SMILES string of the molecule is Cc1cc(C)cc(C2(CNC(=O)c3ccnc(N(C)C)c3)CCOCC2)c1. The molecule has 5 heteroatoms. The highest BCUT2D eigenvalue weighted by Crippen LogP contribution is 2.35. The van der Waals surface area contributed by atoms with Crippen LogP contribution in [0, 0.1) is 13.8 Å². The third-order valence-electron chi connectivity index (χ3n) is 5.34. The maximum absolute atomic E-state index is 12.8. The average molecular weight is 367 g/mol. The number of aryl methyl sites for hydroxylation is 2. The highest BCUT2D eigenvalue weighted by Gasteiger charge is 2.35. The fraction of sp³-hybridized carbons (Fsp3) is 0.455. The van der Waals surface area contributed by atoms with Crippen molar-refractivity contribution in [2.45, 2.75) is 32.1 Å². The van der Waals surface area contributed by atoms with Crippen molar-refractivity contribution in [3.8, 4) is 0 Å². The Morgan fingerprint density at radius 2 is 1.81 bits per heavy atom. The first-order valence-electron chi connectivity index (χ1n) is 9.48. The van der Waals surface area contributed by atoms with Crippen molar-refractivity contribution in [1.82, 2.24) is 10.3 Å². The van der Waals surface area contributed by atoms with Crippen molar-refractivity contribution < 1.29 is 9.53 Å². The molecule has 1 amide bonds. The molecular formula is C22H29N3O2. The number of carbonyl (C=O) groups excluding carboxylic acids is 1. The second kappa shape index (κ2) is 8.09. The standard InChI is InChI=1S/C22H29N3O2/c1-16-11-17(2)13-19(12-16)22(6-9-27-10-7-22)15-24-21(26)18-5-8-23-20(14-18)25(3)4/h5,8,11-14H,6-7,9-10,15H2,1-4H3,(H,24,26). The number of nitrogens with zero attached hydrogens (tertiary/aromatic N) is 2. The van der Waals surface area contributed by atoms with Crippen molar-refractivity contribution in [1.29, 1.82) is 0 Å². The number of hydrogen-bond donors (Lipinski definition) is 1. The van der Waals surface area contributed by atoms with E-state index in [1.54, 1.807) is 12.3 Å². The molecule has 27 heavy (non-hydrogen) atoms.